The highest BCUT2D eigenvalue weighted by Gasteiger charge is 2.19. The van der Waals surface area contributed by atoms with E-state index < -0.39 is 28.0 Å². The maximum Gasteiger partial charge on any atom is 0.338 e. The molecule has 0 fully saturated rings. The van der Waals surface area contributed by atoms with Gasteiger partial charge in [-0.3, -0.25) is 4.79 Å². The summed E-state index contributed by atoms with van der Waals surface area (Å²) in [5.41, 5.74) is 3.75. The van der Waals surface area contributed by atoms with E-state index >= 15 is 0 Å². The Bertz CT molecular complexity index is 1190. The fourth-order valence-electron chi connectivity index (χ4n) is 3.08. The predicted molar refractivity (Wildman–Crippen MR) is 117 cm³/mol. The van der Waals surface area contributed by atoms with Crippen LogP contribution in [0.4, 0.5) is 5.69 Å². The second-order valence-corrected chi connectivity index (χ2v) is 8.67. The monoisotopic (exact) mass is 441 g/mol. The molecule has 31 heavy (non-hydrogen) atoms. The molecule has 1 aromatic heterocycles. The lowest BCUT2D eigenvalue weighted by Crippen LogP contribution is -2.30. The molecule has 3 aromatic rings. The molecule has 0 aliphatic carbocycles. The van der Waals surface area contributed by atoms with Gasteiger partial charge < -0.3 is 14.6 Å². The third-order valence-electron chi connectivity index (χ3n) is 4.74. The summed E-state index contributed by atoms with van der Waals surface area (Å²) in [6.45, 7) is 5.45. The van der Waals surface area contributed by atoms with Gasteiger partial charge in [-0.2, -0.15) is 0 Å². The Morgan fingerprint density at radius 3 is 2.00 bits per heavy atom. The van der Waals surface area contributed by atoms with Gasteiger partial charge in [-0.1, -0.05) is 0 Å². The van der Waals surface area contributed by atoms with Crippen LogP contribution in [0, 0.1) is 13.8 Å². The minimum absolute atomic E-state index is 0.0706. The maximum atomic E-state index is 12.4. The number of rotatable bonds is 6. The Hall–Kier alpha value is -3.43. The smallest absolute Gasteiger partial charge is 0.338 e. The molecular weight excluding hydrogens is 418 g/mol. The number of amides is 1. The van der Waals surface area contributed by atoms with Gasteiger partial charge in [-0.05, 0) is 81.4 Å². The molecule has 1 atom stereocenters. The third-order valence-corrected chi connectivity index (χ3v) is 5.67. The number of hydrogen-bond acceptors (Lipinski definition) is 5. The minimum atomic E-state index is -3.82. The van der Waals surface area contributed by atoms with Crippen LogP contribution in [0.2, 0.25) is 0 Å². The second kappa shape index (κ2) is 8.75. The first-order valence-electron chi connectivity index (χ1n) is 9.46. The summed E-state index contributed by atoms with van der Waals surface area (Å²) in [7, 11) is -3.82. The number of benzene rings is 2. The van der Waals surface area contributed by atoms with Crippen LogP contribution in [0.25, 0.3) is 5.69 Å². The number of nitrogens with two attached hydrogens (primary N) is 1. The van der Waals surface area contributed by atoms with Gasteiger partial charge in [-0.15, -0.1) is 0 Å². The highest BCUT2D eigenvalue weighted by Crippen LogP contribution is 2.18. The number of nitrogens with one attached hydrogen (secondary N) is 1. The Labute approximate surface area is 180 Å². The Morgan fingerprint density at radius 2 is 1.48 bits per heavy atom. The molecular formula is C22H23N3O5S. The highest BCUT2D eigenvalue weighted by molar-refractivity contribution is 7.89. The number of hydrogen-bond donors (Lipinski definition) is 2. The van der Waals surface area contributed by atoms with Crippen molar-refractivity contribution in [3.8, 4) is 5.69 Å². The summed E-state index contributed by atoms with van der Waals surface area (Å²) in [5.74, 6) is -1.17. The van der Waals surface area contributed by atoms with E-state index in [2.05, 4.69) is 9.88 Å². The Balaban J connectivity index is 1.62. The number of aromatic nitrogens is 1. The van der Waals surface area contributed by atoms with E-state index in [1.807, 2.05) is 38.1 Å². The standard InChI is InChI=1S/C22H23N3O5S/c1-14-4-5-15(2)25(14)19-10-6-17(7-11-19)22(27)30-16(3)21(26)24-18-8-12-20(13-9-18)31(23,28)29/h4-13,16H,1-3H3,(H,24,26)(H2,23,28,29)/t16-/m1/s1. The van der Waals surface area contributed by atoms with Crippen molar-refractivity contribution >= 4 is 27.6 Å². The van der Waals surface area contributed by atoms with E-state index in [9.17, 15) is 18.0 Å². The van der Waals surface area contributed by atoms with E-state index in [-0.39, 0.29) is 4.90 Å². The average molecular weight is 442 g/mol. The molecule has 1 heterocycles. The minimum Gasteiger partial charge on any atom is -0.449 e. The molecule has 0 saturated heterocycles. The first-order valence-corrected chi connectivity index (χ1v) is 11.0. The van der Waals surface area contributed by atoms with Crippen LogP contribution in [0.5, 0.6) is 0 Å². The average Bonchev–Trinajstić information content (AvgIpc) is 3.05. The van der Waals surface area contributed by atoms with Crippen molar-refractivity contribution in [1.82, 2.24) is 4.57 Å². The lowest BCUT2D eigenvalue weighted by Gasteiger charge is -2.14. The highest BCUT2D eigenvalue weighted by atomic mass is 32.2. The molecule has 162 valence electrons. The van der Waals surface area contributed by atoms with Crippen molar-refractivity contribution in [2.24, 2.45) is 5.14 Å². The van der Waals surface area contributed by atoms with Gasteiger partial charge in [0.2, 0.25) is 10.0 Å². The number of carbonyl (C=O) groups excluding carboxylic acids is 2. The fourth-order valence-corrected chi connectivity index (χ4v) is 3.59. The Kier molecular flexibility index (Phi) is 6.28. The number of ether oxygens (including phenoxy) is 1. The molecule has 0 aliphatic heterocycles. The van der Waals surface area contributed by atoms with E-state index in [1.165, 1.54) is 31.2 Å². The van der Waals surface area contributed by atoms with Crippen molar-refractivity contribution in [3.63, 3.8) is 0 Å². The zero-order chi connectivity index (χ0) is 22.8. The third kappa shape index (κ3) is 5.19. The first-order chi connectivity index (χ1) is 14.6. The van der Waals surface area contributed by atoms with E-state index in [4.69, 9.17) is 9.88 Å². The molecule has 2 aromatic carbocycles. The quantitative estimate of drug-likeness (QED) is 0.570. The number of nitrogens with zero attached hydrogens (tertiary/aromatic N) is 1. The maximum absolute atomic E-state index is 12.4. The molecule has 1 amide bonds. The van der Waals surface area contributed by atoms with Crippen molar-refractivity contribution in [2.75, 3.05) is 5.32 Å². The molecule has 0 radical (unpaired) electrons. The molecule has 0 unspecified atom stereocenters. The van der Waals surface area contributed by atoms with Crippen molar-refractivity contribution < 1.29 is 22.7 Å². The number of aryl methyl sites for hydroxylation is 2. The SMILES string of the molecule is Cc1ccc(C)n1-c1ccc(C(=O)O[C@H](C)C(=O)Nc2ccc(S(N)(=O)=O)cc2)cc1. The van der Waals surface area contributed by atoms with Gasteiger partial charge in [0, 0.05) is 22.8 Å². The number of primary sulfonamides is 1. The van der Waals surface area contributed by atoms with Crippen LogP contribution in [-0.2, 0) is 19.6 Å². The molecule has 3 rings (SSSR count). The lowest BCUT2D eigenvalue weighted by atomic mass is 10.2. The lowest BCUT2D eigenvalue weighted by molar-refractivity contribution is -0.123. The van der Waals surface area contributed by atoms with Crippen LogP contribution < -0.4 is 10.5 Å². The number of carbonyl (C=O) groups is 2. The van der Waals surface area contributed by atoms with Crippen LogP contribution in [0.1, 0.15) is 28.7 Å². The van der Waals surface area contributed by atoms with Crippen molar-refractivity contribution in [1.29, 1.82) is 0 Å². The van der Waals surface area contributed by atoms with Crippen LogP contribution in [0.15, 0.2) is 65.6 Å². The van der Waals surface area contributed by atoms with Gasteiger partial charge in [0.1, 0.15) is 0 Å². The molecule has 9 heteroatoms. The normalized spacial score (nSPS) is 12.3. The van der Waals surface area contributed by atoms with Crippen LogP contribution in [0.3, 0.4) is 0 Å². The fraction of sp³-hybridized carbons (Fsp3) is 0.182. The molecule has 0 bridgehead atoms. The summed E-state index contributed by atoms with van der Waals surface area (Å²) >= 11 is 0. The van der Waals surface area contributed by atoms with Crippen LogP contribution in [-0.4, -0.2) is 31.0 Å². The molecule has 0 saturated carbocycles. The molecule has 8 nitrogen and oxygen atoms in total. The van der Waals surface area contributed by atoms with Gasteiger partial charge in [0.25, 0.3) is 5.91 Å². The summed E-state index contributed by atoms with van der Waals surface area (Å²) in [6.07, 6.45) is -1.06. The summed E-state index contributed by atoms with van der Waals surface area (Å²) in [4.78, 5) is 24.6. The van der Waals surface area contributed by atoms with Crippen molar-refractivity contribution in [2.45, 2.75) is 31.8 Å². The zero-order valence-electron chi connectivity index (χ0n) is 17.3. The van der Waals surface area contributed by atoms with Crippen LogP contribution >= 0.6 is 0 Å². The van der Waals surface area contributed by atoms with Gasteiger partial charge >= 0.3 is 5.97 Å². The number of esters is 1. The summed E-state index contributed by atoms with van der Waals surface area (Å²) < 4.78 is 29.9. The summed E-state index contributed by atoms with van der Waals surface area (Å²) in [5, 5.41) is 7.61. The number of sulfonamides is 1. The van der Waals surface area contributed by atoms with Gasteiger partial charge in [-0.25, -0.2) is 18.4 Å². The van der Waals surface area contributed by atoms with E-state index in [1.54, 1.807) is 12.1 Å². The second-order valence-electron chi connectivity index (χ2n) is 7.10. The topological polar surface area (TPSA) is 120 Å². The molecule has 3 N–H and O–H groups in total. The van der Waals surface area contributed by atoms with E-state index in [0.717, 1.165) is 17.1 Å². The zero-order valence-corrected chi connectivity index (χ0v) is 18.1. The molecule has 0 spiro atoms. The summed E-state index contributed by atoms with van der Waals surface area (Å²) in [6, 6.07) is 16.3. The number of anilines is 1. The predicted octanol–water partition coefficient (Wildman–Crippen LogP) is 2.93. The van der Waals surface area contributed by atoms with Crippen molar-refractivity contribution in [3.05, 3.63) is 77.6 Å². The van der Waals surface area contributed by atoms with Gasteiger partial charge in [0.05, 0.1) is 10.5 Å². The Morgan fingerprint density at radius 1 is 0.935 bits per heavy atom. The first kappa shape index (κ1) is 22.3. The molecule has 0 aliphatic rings. The largest absolute Gasteiger partial charge is 0.449 e. The van der Waals surface area contributed by atoms with Gasteiger partial charge in [0.15, 0.2) is 6.10 Å². The van der Waals surface area contributed by atoms with E-state index in [0.29, 0.717) is 11.3 Å².